The summed E-state index contributed by atoms with van der Waals surface area (Å²) in [6.07, 6.45) is 0.191. The lowest BCUT2D eigenvalue weighted by Crippen LogP contribution is -2.57. The second-order valence-electron chi connectivity index (χ2n) is 10.0. The van der Waals surface area contributed by atoms with Crippen molar-refractivity contribution in [3.8, 4) is 0 Å². The molecule has 0 atom stereocenters. The maximum Gasteiger partial charge on any atom is 0.494 e. The van der Waals surface area contributed by atoms with Crippen molar-refractivity contribution < 1.29 is 24.0 Å². The summed E-state index contributed by atoms with van der Waals surface area (Å²) in [5, 5.41) is 10.4. The van der Waals surface area contributed by atoms with E-state index in [9.17, 15) is 14.7 Å². The summed E-state index contributed by atoms with van der Waals surface area (Å²) in [6, 6.07) is 7.66. The summed E-state index contributed by atoms with van der Waals surface area (Å²) >= 11 is 0. The molecule has 29 heavy (non-hydrogen) atoms. The zero-order valence-electron chi connectivity index (χ0n) is 18.3. The minimum absolute atomic E-state index is 0.293. The molecule has 2 N–H and O–H groups in total. The van der Waals surface area contributed by atoms with Crippen LogP contribution in [0.25, 0.3) is 0 Å². The van der Waals surface area contributed by atoms with E-state index >= 15 is 0 Å². The molecule has 0 bridgehead atoms. The summed E-state index contributed by atoms with van der Waals surface area (Å²) < 4.78 is 12.2. The lowest BCUT2D eigenvalue weighted by molar-refractivity contribution is -0.129. The smallest absolute Gasteiger partial charge is 0.464 e. The molecule has 1 aromatic carbocycles. The van der Waals surface area contributed by atoms with Gasteiger partial charge in [-0.3, -0.25) is 10.2 Å². The Hall–Kier alpha value is -2.06. The third kappa shape index (κ3) is 3.88. The van der Waals surface area contributed by atoms with Crippen molar-refractivity contribution in [2.24, 2.45) is 0 Å². The Kier molecular flexibility index (Phi) is 5.03. The molecule has 3 rings (SSSR count). The quantitative estimate of drug-likeness (QED) is 0.600. The molecule has 0 unspecified atom stereocenters. The van der Waals surface area contributed by atoms with Gasteiger partial charge in [-0.25, -0.2) is 9.80 Å². The van der Waals surface area contributed by atoms with Crippen LogP contribution in [0.3, 0.4) is 0 Å². The van der Waals surface area contributed by atoms with Gasteiger partial charge in [0.05, 0.1) is 22.2 Å². The molecule has 158 valence electrons. The van der Waals surface area contributed by atoms with E-state index in [-0.39, 0.29) is 5.91 Å². The minimum Gasteiger partial charge on any atom is -0.464 e. The van der Waals surface area contributed by atoms with Crippen molar-refractivity contribution >= 4 is 24.6 Å². The molecule has 1 aromatic rings. The number of nitrogens with one attached hydrogen (secondary N) is 1. The molecular formula is C21H31BN2O5. The van der Waals surface area contributed by atoms with Crippen LogP contribution in [-0.2, 0) is 19.5 Å². The maximum atomic E-state index is 12.9. The van der Waals surface area contributed by atoms with E-state index in [2.05, 4.69) is 5.43 Å². The molecule has 0 spiro atoms. The fourth-order valence-electron chi connectivity index (χ4n) is 3.42. The number of nitrogens with zero attached hydrogens (tertiary/aromatic N) is 1. The van der Waals surface area contributed by atoms with E-state index < -0.39 is 35.4 Å². The number of hydrazine groups is 1. The number of hydrogen-bond donors (Lipinski definition) is 2. The van der Waals surface area contributed by atoms with Crippen molar-refractivity contribution in [3.63, 3.8) is 0 Å². The van der Waals surface area contributed by atoms with Gasteiger partial charge in [-0.05, 0) is 72.3 Å². The van der Waals surface area contributed by atoms with Crippen molar-refractivity contribution in [2.75, 3.05) is 0 Å². The zero-order valence-corrected chi connectivity index (χ0v) is 18.3. The molecule has 1 saturated heterocycles. The molecule has 0 aromatic heterocycles. The second kappa shape index (κ2) is 6.74. The summed E-state index contributed by atoms with van der Waals surface area (Å²) in [6.45, 7) is 13.2. The highest BCUT2D eigenvalue weighted by Crippen LogP contribution is 2.48. The van der Waals surface area contributed by atoms with Crippen LogP contribution >= 0.6 is 0 Å². The molecule has 1 aliphatic heterocycles. The van der Waals surface area contributed by atoms with Crippen LogP contribution < -0.4 is 10.9 Å². The first-order valence-electron chi connectivity index (χ1n) is 10.00. The predicted molar refractivity (Wildman–Crippen MR) is 111 cm³/mol. The molecule has 2 aliphatic rings. The molecule has 1 saturated carbocycles. The van der Waals surface area contributed by atoms with Crippen molar-refractivity contribution in [1.82, 2.24) is 10.4 Å². The fraction of sp³-hybridized carbons (Fsp3) is 0.619. The molecule has 8 heteroatoms. The highest BCUT2D eigenvalue weighted by molar-refractivity contribution is 6.62. The SMILES string of the molecule is CC(C)(C)N(NC(=O)C1(c2ccc(B3OC(C)(C)C(C)(C)O3)cc2)CC1)C(=O)O. The maximum absolute atomic E-state index is 12.9. The standard InChI is InChI=1S/C21H31BN2O5/c1-18(2,3)24(17(26)27)23-16(25)21(12-13-21)14-8-10-15(11-9-14)22-28-19(4,5)20(6,7)29-22/h8-11H,12-13H2,1-7H3,(H,23,25)(H,26,27). The van der Waals surface area contributed by atoms with Crippen LogP contribution in [0.4, 0.5) is 4.79 Å². The second-order valence-corrected chi connectivity index (χ2v) is 10.0. The average Bonchev–Trinajstić information content (AvgIpc) is 3.35. The monoisotopic (exact) mass is 402 g/mol. The number of rotatable bonds is 3. The number of carbonyl (C=O) groups excluding carboxylic acids is 1. The van der Waals surface area contributed by atoms with Crippen LogP contribution in [0.15, 0.2) is 24.3 Å². The van der Waals surface area contributed by atoms with Gasteiger partial charge in [0.2, 0.25) is 5.91 Å². The molecule has 2 amide bonds. The lowest BCUT2D eigenvalue weighted by atomic mass is 9.78. The van der Waals surface area contributed by atoms with Gasteiger partial charge >= 0.3 is 13.2 Å². The fourth-order valence-corrected chi connectivity index (χ4v) is 3.42. The Labute approximate surface area is 172 Å². The summed E-state index contributed by atoms with van der Waals surface area (Å²) in [7, 11) is -0.457. The third-order valence-electron chi connectivity index (χ3n) is 6.25. The van der Waals surface area contributed by atoms with Gasteiger partial charge in [0.15, 0.2) is 0 Å². The van der Waals surface area contributed by atoms with Gasteiger partial charge in [0, 0.05) is 0 Å². The molecule has 2 fully saturated rings. The van der Waals surface area contributed by atoms with Crippen molar-refractivity contribution in [1.29, 1.82) is 0 Å². The van der Waals surface area contributed by atoms with Crippen LogP contribution in [0.5, 0.6) is 0 Å². The zero-order chi connectivity index (χ0) is 21.8. The van der Waals surface area contributed by atoms with E-state index in [4.69, 9.17) is 9.31 Å². The Balaban J connectivity index is 1.76. The average molecular weight is 402 g/mol. The van der Waals surface area contributed by atoms with E-state index in [1.54, 1.807) is 20.8 Å². The Morgan fingerprint density at radius 3 is 1.90 bits per heavy atom. The van der Waals surface area contributed by atoms with Crippen LogP contribution in [0.2, 0.25) is 0 Å². The number of benzene rings is 1. The van der Waals surface area contributed by atoms with Crippen LogP contribution in [-0.4, -0.2) is 46.0 Å². The highest BCUT2D eigenvalue weighted by Gasteiger charge is 2.54. The van der Waals surface area contributed by atoms with E-state index in [1.165, 1.54) is 0 Å². The third-order valence-corrected chi connectivity index (χ3v) is 6.25. The lowest BCUT2D eigenvalue weighted by Gasteiger charge is -2.34. The van der Waals surface area contributed by atoms with E-state index in [0.29, 0.717) is 12.8 Å². The topological polar surface area (TPSA) is 88.1 Å². The number of carbonyl (C=O) groups is 2. The normalized spacial score (nSPS) is 21.6. The number of carboxylic acid groups (broad SMARTS) is 1. The summed E-state index contributed by atoms with van der Waals surface area (Å²) in [5.74, 6) is -0.293. The molecule has 1 heterocycles. The summed E-state index contributed by atoms with van der Waals surface area (Å²) in [4.78, 5) is 24.5. The van der Waals surface area contributed by atoms with Crippen molar-refractivity contribution in [2.45, 2.75) is 83.5 Å². The van der Waals surface area contributed by atoms with E-state index in [1.807, 2.05) is 52.0 Å². The number of amides is 2. The first kappa shape index (κ1) is 21.6. The molecular weight excluding hydrogens is 371 g/mol. The largest absolute Gasteiger partial charge is 0.494 e. The van der Waals surface area contributed by atoms with Gasteiger partial charge < -0.3 is 14.4 Å². The minimum atomic E-state index is -1.18. The predicted octanol–water partition coefficient (Wildman–Crippen LogP) is 2.83. The Bertz CT molecular complexity index is 793. The van der Waals surface area contributed by atoms with Gasteiger partial charge in [0.25, 0.3) is 0 Å². The van der Waals surface area contributed by atoms with Gasteiger partial charge in [-0.1, -0.05) is 24.3 Å². The number of hydrogen-bond acceptors (Lipinski definition) is 4. The highest BCUT2D eigenvalue weighted by atomic mass is 16.7. The first-order chi connectivity index (χ1) is 13.2. The van der Waals surface area contributed by atoms with Gasteiger partial charge in [0.1, 0.15) is 0 Å². The van der Waals surface area contributed by atoms with Gasteiger partial charge in [-0.15, -0.1) is 0 Å². The summed E-state index contributed by atoms with van der Waals surface area (Å²) in [5.41, 5.74) is 2.10. The van der Waals surface area contributed by atoms with Crippen molar-refractivity contribution in [3.05, 3.63) is 29.8 Å². The molecule has 7 nitrogen and oxygen atoms in total. The molecule has 1 aliphatic carbocycles. The van der Waals surface area contributed by atoms with Gasteiger partial charge in [-0.2, -0.15) is 0 Å². The molecule has 0 radical (unpaired) electrons. The van der Waals surface area contributed by atoms with E-state index in [0.717, 1.165) is 16.0 Å². The first-order valence-corrected chi connectivity index (χ1v) is 10.00. The van der Waals surface area contributed by atoms with Crippen LogP contribution in [0, 0.1) is 0 Å². The Morgan fingerprint density at radius 1 is 1.03 bits per heavy atom. The van der Waals surface area contributed by atoms with Crippen LogP contribution in [0.1, 0.15) is 66.9 Å². The Morgan fingerprint density at radius 2 is 1.52 bits per heavy atom.